The van der Waals surface area contributed by atoms with Crippen molar-refractivity contribution in [2.24, 2.45) is 11.8 Å². The first kappa shape index (κ1) is 17.4. The molecule has 10 heteroatoms. The Kier molecular flexibility index (Phi) is 3.88. The molecule has 0 aromatic carbocycles. The highest BCUT2D eigenvalue weighted by atomic mass is 19.4. The molecular formula is C15H18F3N5O2. The first-order valence-corrected chi connectivity index (χ1v) is 7.76. The van der Waals surface area contributed by atoms with Gasteiger partial charge in [-0.25, -0.2) is 0 Å². The Morgan fingerprint density at radius 2 is 1.88 bits per heavy atom. The van der Waals surface area contributed by atoms with E-state index in [1.54, 1.807) is 6.07 Å². The average Bonchev–Trinajstić information content (AvgIpc) is 3.09. The fourth-order valence-electron chi connectivity index (χ4n) is 2.99. The maximum Gasteiger partial charge on any atom is 0.394 e. The van der Waals surface area contributed by atoms with Gasteiger partial charge in [0.25, 0.3) is 0 Å². The smallest absolute Gasteiger partial charge is 0.394 e. The lowest BCUT2D eigenvalue weighted by Gasteiger charge is -2.20. The number of alkyl halides is 3. The van der Waals surface area contributed by atoms with Crippen molar-refractivity contribution in [2.45, 2.75) is 32.4 Å². The van der Waals surface area contributed by atoms with Gasteiger partial charge >= 0.3 is 12.1 Å². The number of carbonyl (C=O) groups is 1. The normalized spacial score (nSPS) is 21.9. The summed E-state index contributed by atoms with van der Waals surface area (Å²) in [6, 6.07) is 3.15. The number of halogens is 3. The lowest BCUT2D eigenvalue weighted by molar-refractivity contribution is -0.187. The van der Waals surface area contributed by atoms with Crippen molar-refractivity contribution in [2.75, 3.05) is 18.0 Å². The number of hydrogen-bond acceptors (Lipinski definition) is 5. The number of nitrogens with zero attached hydrogens (tertiary/aromatic N) is 5. The van der Waals surface area contributed by atoms with E-state index in [1.165, 1.54) is 15.5 Å². The molecule has 1 aliphatic heterocycles. The van der Waals surface area contributed by atoms with Gasteiger partial charge in [-0.05, 0) is 12.1 Å². The van der Waals surface area contributed by atoms with Crippen LogP contribution >= 0.6 is 0 Å². The van der Waals surface area contributed by atoms with E-state index in [1.807, 2.05) is 20.8 Å². The van der Waals surface area contributed by atoms with Crippen molar-refractivity contribution in [1.82, 2.24) is 19.8 Å². The van der Waals surface area contributed by atoms with Crippen LogP contribution in [0.2, 0.25) is 0 Å². The van der Waals surface area contributed by atoms with E-state index in [4.69, 9.17) is 5.11 Å². The van der Waals surface area contributed by atoms with Crippen molar-refractivity contribution in [3.05, 3.63) is 18.0 Å². The number of rotatable bonds is 2. The highest BCUT2D eigenvalue weighted by Gasteiger charge is 2.53. The van der Waals surface area contributed by atoms with Crippen LogP contribution in [0.4, 0.5) is 19.0 Å². The van der Waals surface area contributed by atoms with Crippen LogP contribution in [0.1, 0.15) is 26.6 Å². The molecule has 7 nitrogen and oxygen atoms in total. The number of hydrogen-bond donors (Lipinski definition) is 1. The number of anilines is 1. The molecule has 0 unspecified atom stereocenters. The van der Waals surface area contributed by atoms with Crippen LogP contribution in [0.25, 0.3) is 5.65 Å². The van der Waals surface area contributed by atoms with Crippen molar-refractivity contribution < 1.29 is 23.1 Å². The minimum atomic E-state index is -4.57. The van der Waals surface area contributed by atoms with Gasteiger partial charge < -0.3 is 10.0 Å². The summed E-state index contributed by atoms with van der Waals surface area (Å²) in [4.78, 5) is 12.6. The predicted octanol–water partition coefficient (Wildman–Crippen LogP) is 2.12. The van der Waals surface area contributed by atoms with E-state index in [0.29, 0.717) is 11.5 Å². The molecule has 2 aromatic rings. The third-order valence-corrected chi connectivity index (χ3v) is 4.30. The van der Waals surface area contributed by atoms with Crippen LogP contribution in [0, 0.1) is 11.8 Å². The Morgan fingerprint density at radius 1 is 1.20 bits per heavy atom. The Balaban J connectivity index is 1.98. The zero-order valence-corrected chi connectivity index (χ0v) is 13.9. The highest BCUT2D eigenvalue weighted by molar-refractivity contribution is 5.72. The van der Waals surface area contributed by atoms with Gasteiger partial charge in [0.05, 0.1) is 11.8 Å². The third kappa shape index (κ3) is 3.12. The van der Waals surface area contributed by atoms with Crippen LogP contribution < -0.4 is 4.90 Å². The Labute approximate surface area is 141 Å². The largest absolute Gasteiger partial charge is 0.481 e. The van der Waals surface area contributed by atoms with Crippen LogP contribution in [0.15, 0.2) is 12.1 Å². The summed E-state index contributed by atoms with van der Waals surface area (Å²) in [5.74, 6) is -4.04. The second-order valence-electron chi connectivity index (χ2n) is 7.23. The summed E-state index contributed by atoms with van der Waals surface area (Å²) in [7, 11) is 0. The van der Waals surface area contributed by atoms with E-state index >= 15 is 0 Å². The molecule has 0 bridgehead atoms. The standard InChI is InChI=1S/C15H18F3N5O2/c1-14(2,3)13-20-19-10-4-5-11(21-23(10)13)22-6-8(12(24)25)9(7-22)15(16,17)18/h4-5,8-9H,6-7H2,1-3H3,(H,24,25)/t8-,9-/m1/s1. The highest BCUT2D eigenvalue weighted by Crippen LogP contribution is 2.39. The van der Waals surface area contributed by atoms with Gasteiger partial charge in [-0.1, -0.05) is 20.8 Å². The second kappa shape index (κ2) is 5.57. The minimum absolute atomic E-state index is 0.245. The summed E-state index contributed by atoms with van der Waals surface area (Å²) < 4.78 is 40.9. The zero-order chi connectivity index (χ0) is 18.6. The average molecular weight is 357 g/mol. The summed E-state index contributed by atoms with van der Waals surface area (Å²) in [5, 5.41) is 21.6. The molecule has 0 aliphatic carbocycles. The van der Waals surface area contributed by atoms with Crippen molar-refractivity contribution >= 4 is 17.4 Å². The number of aromatic nitrogens is 4. The third-order valence-electron chi connectivity index (χ3n) is 4.30. The molecule has 1 aliphatic rings. The van der Waals surface area contributed by atoms with Gasteiger partial charge in [-0.15, -0.1) is 15.3 Å². The summed E-state index contributed by atoms with van der Waals surface area (Å²) >= 11 is 0. The van der Waals surface area contributed by atoms with Gasteiger partial charge in [0, 0.05) is 18.5 Å². The van der Waals surface area contributed by atoms with E-state index in [-0.39, 0.29) is 17.8 Å². The Hall–Kier alpha value is -2.39. The lowest BCUT2D eigenvalue weighted by atomic mass is 9.96. The lowest BCUT2D eigenvalue weighted by Crippen LogP contribution is -2.33. The Morgan fingerprint density at radius 3 is 2.40 bits per heavy atom. The molecule has 136 valence electrons. The number of carboxylic acid groups (broad SMARTS) is 1. The second-order valence-corrected chi connectivity index (χ2v) is 7.23. The maximum absolute atomic E-state index is 13.1. The van der Waals surface area contributed by atoms with Crippen LogP contribution in [0.3, 0.4) is 0 Å². The van der Waals surface area contributed by atoms with Gasteiger partial charge in [-0.3, -0.25) is 4.79 Å². The molecule has 1 saturated heterocycles. The molecule has 2 aromatic heterocycles. The summed E-state index contributed by atoms with van der Waals surface area (Å²) in [6.07, 6.45) is -4.57. The van der Waals surface area contributed by atoms with E-state index in [9.17, 15) is 18.0 Å². The molecule has 0 radical (unpaired) electrons. The van der Waals surface area contributed by atoms with Crippen LogP contribution in [-0.4, -0.2) is 50.2 Å². The van der Waals surface area contributed by atoms with Crippen LogP contribution in [0.5, 0.6) is 0 Å². The quantitative estimate of drug-likeness (QED) is 0.886. The number of fused-ring (bicyclic) bond motifs is 1. The molecule has 25 heavy (non-hydrogen) atoms. The first-order valence-electron chi connectivity index (χ1n) is 7.76. The number of aliphatic carboxylic acids is 1. The van der Waals surface area contributed by atoms with Gasteiger partial charge in [0.15, 0.2) is 11.5 Å². The van der Waals surface area contributed by atoms with Crippen molar-refractivity contribution in [3.8, 4) is 0 Å². The Bertz CT molecular complexity index is 812. The topological polar surface area (TPSA) is 83.6 Å². The van der Waals surface area contributed by atoms with E-state index in [2.05, 4.69) is 15.3 Å². The fourth-order valence-corrected chi connectivity index (χ4v) is 2.99. The van der Waals surface area contributed by atoms with Gasteiger partial charge in [-0.2, -0.15) is 17.7 Å². The molecule has 3 heterocycles. The molecular weight excluding hydrogens is 339 g/mol. The fraction of sp³-hybridized carbons (Fsp3) is 0.600. The maximum atomic E-state index is 13.1. The first-order chi connectivity index (χ1) is 11.5. The molecule has 2 atom stereocenters. The predicted molar refractivity (Wildman–Crippen MR) is 82.4 cm³/mol. The molecule has 0 amide bonds. The SMILES string of the molecule is CC(C)(C)c1nnc2ccc(N3C[C@@H](C(F)(F)F)[C@H](C(=O)O)C3)nn12. The van der Waals surface area contributed by atoms with Crippen LogP contribution in [-0.2, 0) is 10.2 Å². The molecule has 1 N–H and O–H groups in total. The zero-order valence-electron chi connectivity index (χ0n) is 13.9. The summed E-state index contributed by atoms with van der Waals surface area (Å²) in [6.45, 7) is 5.09. The number of carboxylic acids is 1. The van der Waals surface area contributed by atoms with Crippen molar-refractivity contribution in [1.29, 1.82) is 0 Å². The van der Waals surface area contributed by atoms with E-state index in [0.717, 1.165) is 0 Å². The van der Waals surface area contributed by atoms with E-state index < -0.39 is 30.5 Å². The van der Waals surface area contributed by atoms with Gasteiger partial charge in [0.1, 0.15) is 5.82 Å². The van der Waals surface area contributed by atoms with Crippen molar-refractivity contribution in [3.63, 3.8) is 0 Å². The molecule has 0 saturated carbocycles. The van der Waals surface area contributed by atoms with Gasteiger partial charge in [0.2, 0.25) is 0 Å². The molecule has 3 rings (SSSR count). The monoisotopic (exact) mass is 357 g/mol. The summed E-state index contributed by atoms with van der Waals surface area (Å²) in [5.41, 5.74) is 0.128. The molecule has 0 spiro atoms. The minimum Gasteiger partial charge on any atom is -0.481 e. The molecule has 1 fully saturated rings.